The van der Waals surface area contributed by atoms with Crippen LogP contribution in [0.3, 0.4) is 0 Å². The van der Waals surface area contributed by atoms with E-state index in [0.29, 0.717) is 11.1 Å². The van der Waals surface area contributed by atoms with Crippen molar-refractivity contribution in [2.75, 3.05) is 0 Å². The van der Waals surface area contributed by atoms with E-state index in [-0.39, 0.29) is 5.02 Å². The molecule has 0 atom stereocenters. The number of halogens is 3. The molecule has 2 aromatic carbocycles. The van der Waals surface area contributed by atoms with Crippen LogP contribution in [-0.2, 0) is 0 Å². The topological polar surface area (TPSA) is 0 Å². The van der Waals surface area contributed by atoms with Gasteiger partial charge in [-0.1, -0.05) is 17.7 Å². The van der Waals surface area contributed by atoms with Gasteiger partial charge in [-0.3, -0.25) is 0 Å². The third-order valence-corrected chi connectivity index (χ3v) is 2.34. The van der Waals surface area contributed by atoms with E-state index in [2.05, 4.69) is 6.07 Å². The van der Waals surface area contributed by atoms with Crippen LogP contribution in [-0.4, -0.2) is 0 Å². The van der Waals surface area contributed by atoms with Gasteiger partial charge in [0.1, 0.15) is 11.6 Å². The minimum atomic E-state index is -0.441. The summed E-state index contributed by atoms with van der Waals surface area (Å²) in [7, 11) is 0. The predicted molar refractivity (Wildman–Crippen MR) is 55.6 cm³/mol. The Morgan fingerprint density at radius 2 is 1.87 bits per heavy atom. The van der Waals surface area contributed by atoms with Gasteiger partial charge in [-0.15, -0.1) is 0 Å². The molecule has 15 heavy (non-hydrogen) atoms. The third-order valence-electron chi connectivity index (χ3n) is 2.03. The molecule has 0 unspecified atom stereocenters. The molecule has 2 aromatic rings. The Morgan fingerprint density at radius 1 is 1.07 bits per heavy atom. The van der Waals surface area contributed by atoms with E-state index in [1.54, 1.807) is 0 Å². The molecule has 0 amide bonds. The summed E-state index contributed by atoms with van der Waals surface area (Å²) >= 11 is 5.82. The third kappa shape index (κ3) is 2.00. The lowest BCUT2D eigenvalue weighted by molar-refractivity contribution is 0.625. The van der Waals surface area contributed by atoms with Gasteiger partial charge >= 0.3 is 0 Å². The Hall–Kier alpha value is -1.41. The number of hydrogen-bond donors (Lipinski definition) is 0. The molecule has 3 heteroatoms. The molecule has 0 aromatic heterocycles. The van der Waals surface area contributed by atoms with Gasteiger partial charge in [0.15, 0.2) is 0 Å². The summed E-state index contributed by atoms with van der Waals surface area (Å²) in [5.41, 5.74) is 0.787. The molecule has 0 aliphatic carbocycles. The maximum Gasteiger partial charge on any atom is 0.131 e. The van der Waals surface area contributed by atoms with Crippen LogP contribution < -0.4 is 0 Å². The van der Waals surface area contributed by atoms with Crippen molar-refractivity contribution in [2.45, 2.75) is 0 Å². The molecule has 2 rings (SSSR count). The van der Waals surface area contributed by atoms with Crippen LogP contribution in [0.5, 0.6) is 0 Å². The van der Waals surface area contributed by atoms with E-state index in [0.717, 1.165) is 6.07 Å². The van der Waals surface area contributed by atoms with Crippen LogP contribution in [0, 0.1) is 17.7 Å². The summed E-state index contributed by atoms with van der Waals surface area (Å²) in [6.07, 6.45) is 0. The fraction of sp³-hybridized carbons (Fsp3) is 0. The van der Waals surface area contributed by atoms with Crippen molar-refractivity contribution < 1.29 is 8.78 Å². The fourth-order valence-corrected chi connectivity index (χ4v) is 1.59. The van der Waals surface area contributed by atoms with E-state index in [1.165, 1.54) is 30.3 Å². The highest BCUT2D eigenvalue weighted by Gasteiger charge is 2.08. The summed E-state index contributed by atoms with van der Waals surface area (Å²) in [5.74, 6) is -0.841. The van der Waals surface area contributed by atoms with Gasteiger partial charge in [0.05, 0.1) is 5.02 Å². The van der Waals surface area contributed by atoms with E-state index < -0.39 is 11.6 Å². The fourth-order valence-electron chi connectivity index (χ4n) is 1.33. The second-order valence-electron chi connectivity index (χ2n) is 3.03. The summed E-state index contributed by atoms with van der Waals surface area (Å²) in [4.78, 5) is 0. The van der Waals surface area contributed by atoms with Crippen LogP contribution in [0.2, 0.25) is 5.02 Å². The van der Waals surface area contributed by atoms with Crippen molar-refractivity contribution in [3.05, 3.63) is 59.1 Å². The zero-order valence-corrected chi connectivity index (χ0v) is 8.35. The van der Waals surface area contributed by atoms with Gasteiger partial charge < -0.3 is 0 Å². The first-order chi connectivity index (χ1) is 7.18. The van der Waals surface area contributed by atoms with Gasteiger partial charge in [-0.25, -0.2) is 8.78 Å². The van der Waals surface area contributed by atoms with Crippen LogP contribution in [0.15, 0.2) is 36.4 Å². The zero-order valence-electron chi connectivity index (χ0n) is 7.60. The van der Waals surface area contributed by atoms with Crippen LogP contribution in [0.4, 0.5) is 8.78 Å². The lowest BCUT2D eigenvalue weighted by Crippen LogP contribution is -1.85. The van der Waals surface area contributed by atoms with Crippen molar-refractivity contribution in [1.82, 2.24) is 0 Å². The molecule has 0 saturated heterocycles. The molecule has 0 aliphatic rings. The van der Waals surface area contributed by atoms with Gasteiger partial charge in [-0.2, -0.15) is 0 Å². The normalized spacial score (nSPS) is 10.3. The van der Waals surface area contributed by atoms with Crippen molar-refractivity contribution in [1.29, 1.82) is 0 Å². The highest BCUT2D eigenvalue weighted by Crippen LogP contribution is 2.29. The molecule has 1 radical (unpaired) electrons. The number of rotatable bonds is 1. The molecule has 0 nitrogen and oxygen atoms in total. The summed E-state index contributed by atoms with van der Waals surface area (Å²) in [6.45, 7) is 0. The number of benzene rings is 2. The molecular weight excluding hydrogens is 218 g/mol. The smallest absolute Gasteiger partial charge is 0.131 e. The van der Waals surface area contributed by atoms with Crippen LogP contribution in [0.25, 0.3) is 11.1 Å². The second-order valence-corrected chi connectivity index (χ2v) is 3.44. The standard InChI is InChI=1S/C12H6ClF2/c13-11-7-8(14)5-6-9(11)10-3-1-2-4-12(10)15/h2-7H. The van der Waals surface area contributed by atoms with Crippen LogP contribution >= 0.6 is 11.6 Å². The minimum Gasteiger partial charge on any atom is -0.207 e. The Bertz CT molecular complexity index is 495. The molecule has 0 saturated carbocycles. The molecular formula is C12H6ClF2. The molecule has 0 spiro atoms. The first-order valence-corrected chi connectivity index (χ1v) is 4.67. The average molecular weight is 224 g/mol. The van der Waals surface area contributed by atoms with Crippen molar-refractivity contribution in [2.24, 2.45) is 0 Å². The maximum atomic E-state index is 13.4. The lowest BCUT2D eigenvalue weighted by Gasteiger charge is -2.05. The molecule has 0 fully saturated rings. The molecule has 0 N–H and O–H groups in total. The second kappa shape index (κ2) is 3.99. The first-order valence-electron chi connectivity index (χ1n) is 4.29. The summed E-state index contributed by atoms with van der Waals surface area (Å²) in [5, 5.41) is 0.188. The van der Waals surface area contributed by atoms with Gasteiger partial charge in [0.2, 0.25) is 0 Å². The highest BCUT2D eigenvalue weighted by molar-refractivity contribution is 6.33. The quantitative estimate of drug-likeness (QED) is 0.683. The van der Waals surface area contributed by atoms with E-state index in [1.807, 2.05) is 0 Å². The van der Waals surface area contributed by atoms with Gasteiger partial charge in [-0.05, 0) is 36.4 Å². The Labute approximate surface area is 91.1 Å². The van der Waals surface area contributed by atoms with Gasteiger partial charge in [0, 0.05) is 11.1 Å². The Kier molecular flexibility index (Phi) is 2.69. The minimum absolute atomic E-state index is 0.188. The zero-order chi connectivity index (χ0) is 10.8. The Morgan fingerprint density at radius 3 is 2.53 bits per heavy atom. The van der Waals surface area contributed by atoms with Crippen LogP contribution in [0.1, 0.15) is 0 Å². The lowest BCUT2D eigenvalue weighted by atomic mass is 10.1. The van der Waals surface area contributed by atoms with E-state index >= 15 is 0 Å². The first kappa shape index (κ1) is 10.1. The summed E-state index contributed by atoms with van der Waals surface area (Å²) in [6, 6.07) is 10.8. The SMILES string of the molecule is Fc1ccc(-c2c[c]ccc2F)c(Cl)c1. The molecule has 75 valence electrons. The molecule has 0 bridgehead atoms. The highest BCUT2D eigenvalue weighted by atomic mass is 35.5. The number of hydrogen-bond acceptors (Lipinski definition) is 0. The van der Waals surface area contributed by atoms with Gasteiger partial charge in [0.25, 0.3) is 0 Å². The van der Waals surface area contributed by atoms with Crippen molar-refractivity contribution in [3.8, 4) is 11.1 Å². The monoisotopic (exact) mass is 223 g/mol. The molecule has 0 aliphatic heterocycles. The predicted octanol–water partition coefficient (Wildman–Crippen LogP) is 4.09. The maximum absolute atomic E-state index is 13.4. The van der Waals surface area contributed by atoms with Crippen molar-refractivity contribution in [3.63, 3.8) is 0 Å². The van der Waals surface area contributed by atoms with E-state index in [9.17, 15) is 8.78 Å². The Balaban J connectivity index is 2.60. The van der Waals surface area contributed by atoms with Crippen molar-refractivity contribution >= 4 is 11.6 Å². The summed E-state index contributed by atoms with van der Waals surface area (Å²) < 4.78 is 26.2. The van der Waals surface area contributed by atoms with E-state index in [4.69, 9.17) is 11.6 Å². The molecule has 0 heterocycles. The largest absolute Gasteiger partial charge is 0.207 e. The average Bonchev–Trinajstić information content (AvgIpc) is 2.20.